The van der Waals surface area contributed by atoms with Crippen LogP contribution in [0.4, 0.5) is 5.13 Å². The fourth-order valence-corrected chi connectivity index (χ4v) is 3.08. The second kappa shape index (κ2) is 7.06. The van der Waals surface area contributed by atoms with Gasteiger partial charge < -0.3 is 5.32 Å². The van der Waals surface area contributed by atoms with Crippen molar-refractivity contribution in [2.45, 2.75) is 32.9 Å². The SMILES string of the molecule is CCNc1nnc(CSCC(C)CC)s1. The Morgan fingerprint density at radius 2 is 2.20 bits per heavy atom. The van der Waals surface area contributed by atoms with Crippen molar-refractivity contribution in [1.29, 1.82) is 0 Å². The van der Waals surface area contributed by atoms with E-state index in [1.54, 1.807) is 11.3 Å². The molecule has 3 nitrogen and oxygen atoms in total. The zero-order chi connectivity index (χ0) is 11.1. The maximum absolute atomic E-state index is 4.14. The van der Waals surface area contributed by atoms with Gasteiger partial charge in [0.1, 0.15) is 5.01 Å². The molecular formula is C10H19N3S2. The molecule has 1 aromatic heterocycles. The van der Waals surface area contributed by atoms with Crippen LogP contribution >= 0.6 is 23.1 Å². The van der Waals surface area contributed by atoms with Gasteiger partial charge in [0.25, 0.3) is 0 Å². The summed E-state index contributed by atoms with van der Waals surface area (Å²) in [4.78, 5) is 0. The normalized spacial score (nSPS) is 12.7. The first-order valence-corrected chi connectivity index (χ1v) is 7.37. The monoisotopic (exact) mass is 245 g/mol. The Morgan fingerprint density at radius 1 is 1.40 bits per heavy atom. The Balaban J connectivity index is 2.25. The first-order chi connectivity index (χ1) is 7.26. The Hall–Kier alpha value is -0.290. The van der Waals surface area contributed by atoms with Crippen LogP contribution in [-0.4, -0.2) is 22.5 Å². The van der Waals surface area contributed by atoms with Crippen molar-refractivity contribution in [3.63, 3.8) is 0 Å². The van der Waals surface area contributed by atoms with E-state index in [0.717, 1.165) is 28.4 Å². The van der Waals surface area contributed by atoms with Gasteiger partial charge in [-0.3, -0.25) is 0 Å². The standard InChI is InChI=1S/C10H19N3S2/c1-4-8(3)6-14-7-9-12-13-10(15-9)11-5-2/h8H,4-7H2,1-3H3,(H,11,13). The number of aromatic nitrogens is 2. The van der Waals surface area contributed by atoms with Gasteiger partial charge in [-0.15, -0.1) is 10.2 Å². The van der Waals surface area contributed by atoms with Crippen LogP contribution in [0.15, 0.2) is 0 Å². The third-order valence-corrected chi connectivity index (χ3v) is 4.47. The van der Waals surface area contributed by atoms with Gasteiger partial charge in [-0.05, 0) is 18.6 Å². The minimum Gasteiger partial charge on any atom is -0.360 e. The molecule has 5 heteroatoms. The molecule has 1 rings (SSSR count). The predicted octanol–water partition coefficient (Wildman–Crippen LogP) is 3.25. The molecule has 1 N–H and O–H groups in total. The second-order valence-electron chi connectivity index (χ2n) is 3.56. The minimum absolute atomic E-state index is 0.802. The molecule has 0 aromatic carbocycles. The van der Waals surface area contributed by atoms with Crippen molar-refractivity contribution in [3.8, 4) is 0 Å². The van der Waals surface area contributed by atoms with Crippen LogP contribution in [0, 0.1) is 5.92 Å². The number of anilines is 1. The van der Waals surface area contributed by atoms with Crippen LogP contribution in [0.5, 0.6) is 0 Å². The van der Waals surface area contributed by atoms with Crippen molar-refractivity contribution in [2.24, 2.45) is 5.92 Å². The number of rotatable bonds is 7. The van der Waals surface area contributed by atoms with E-state index in [0.29, 0.717) is 0 Å². The molecule has 1 heterocycles. The molecule has 0 fully saturated rings. The maximum atomic E-state index is 4.14. The topological polar surface area (TPSA) is 37.8 Å². The molecule has 15 heavy (non-hydrogen) atoms. The lowest BCUT2D eigenvalue weighted by molar-refractivity contribution is 0.637. The second-order valence-corrected chi connectivity index (χ2v) is 5.65. The third kappa shape index (κ3) is 4.84. The lowest BCUT2D eigenvalue weighted by Gasteiger charge is -2.05. The van der Waals surface area contributed by atoms with Crippen molar-refractivity contribution < 1.29 is 0 Å². The van der Waals surface area contributed by atoms with Gasteiger partial charge in [0.05, 0.1) is 0 Å². The number of nitrogens with zero attached hydrogens (tertiary/aromatic N) is 2. The molecule has 0 spiro atoms. The largest absolute Gasteiger partial charge is 0.360 e. The van der Waals surface area contributed by atoms with Gasteiger partial charge in [-0.2, -0.15) is 11.8 Å². The Kier molecular flexibility index (Phi) is 6.02. The van der Waals surface area contributed by atoms with E-state index >= 15 is 0 Å². The molecule has 86 valence electrons. The Bertz CT molecular complexity index is 275. The van der Waals surface area contributed by atoms with E-state index in [2.05, 4.69) is 36.3 Å². The molecule has 0 aliphatic rings. The minimum atomic E-state index is 0.802. The van der Waals surface area contributed by atoms with Crippen LogP contribution < -0.4 is 5.32 Å². The summed E-state index contributed by atoms with van der Waals surface area (Å²) >= 11 is 3.61. The summed E-state index contributed by atoms with van der Waals surface area (Å²) in [5.41, 5.74) is 0. The van der Waals surface area contributed by atoms with E-state index in [1.165, 1.54) is 12.2 Å². The van der Waals surface area contributed by atoms with Gasteiger partial charge >= 0.3 is 0 Å². The van der Waals surface area contributed by atoms with Gasteiger partial charge in [-0.1, -0.05) is 31.6 Å². The summed E-state index contributed by atoms with van der Waals surface area (Å²) in [6.07, 6.45) is 1.26. The Labute approximate surface area is 100 Å². The van der Waals surface area contributed by atoms with Crippen molar-refractivity contribution in [2.75, 3.05) is 17.6 Å². The van der Waals surface area contributed by atoms with Crippen molar-refractivity contribution in [3.05, 3.63) is 5.01 Å². The van der Waals surface area contributed by atoms with Crippen molar-refractivity contribution in [1.82, 2.24) is 10.2 Å². The molecule has 0 bridgehead atoms. The van der Waals surface area contributed by atoms with Crippen molar-refractivity contribution >= 4 is 28.2 Å². The zero-order valence-electron chi connectivity index (χ0n) is 9.62. The van der Waals surface area contributed by atoms with Crippen LogP contribution in [-0.2, 0) is 5.75 Å². The zero-order valence-corrected chi connectivity index (χ0v) is 11.2. The van der Waals surface area contributed by atoms with E-state index < -0.39 is 0 Å². The van der Waals surface area contributed by atoms with Gasteiger partial charge in [0.2, 0.25) is 5.13 Å². The highest BCUT2D eigenvalue weighted by Gasteiger charge is 2.04. The number of nitrogens with one attached hydrogen (secondary N) is 1. The summed E-state index contributed by atoms with van der Waals surface area (Å²) in [7, 11) is 0. The Morgan fingerprint density at radius 3 is 2.87 bits per heavy atom. The average Bonchev–Trinajstić information content (AvgIpc) is 2.66. The summed E-state index contributed by atoms with van der Waals surface area (Å²) in [6, 6.07) is 0. The smallest absolute Gasteiger partial charge is 0.205 e. The van der Waals surface area contributed by atoms with E-state index in [9.17, 15) is 0 Å². The van der Waals surface area contributed by atoms with Crippen LogP contribution in [0.1, 0.15) is 32.2 Å². The van der Waals surface area contributed by atoms with Gasteiger partial charge in [0, 0.05) is 12.3 Å². The molecule has 0 aliphatic heterocycles. The first-order valence-electron chi connectivity index (χ1n) is 5.40. The average molecular weight is 245 g/mol. The van der Waals surface area contributed by atoms with Crippen LogP contribution in [0.2, 0.25) is 0 Å². The highest BCUT2D eigenvalue weighted by atomic mass is 32.2. The van der Waals surface area contributed by atoms with E-state index in [4.69, 9.17) is 0 Å². The molecule has 0 saturated carbocycles. The molecule has 1 aromatic rings. The maximum Gasteiger partial charge on any atom is 0.205 e. The molecule has 0 radical (unpaired) electrons. The lowest BCUT2D eigenvalue weighted by atomic mass is 10.2. The summed E-state index contributed by atoms with van der Waals surface area (Å²) in [5.74, 6) is 3.01. The molecule has 0 aliphatic carbocycles. The highest BCUT2D eigenvalue weighted by molar-refractivity contribution is 7.98. The van der Waals surface area contributed by atoms with Crippen LogP contribution in [0.25, 0.3) is 0 Å². The van der Waals surface area contributed by atoms with Gasteiger partial charge in [-0.25, -0.2) is 0 Å². The fourth-order valence-electron chi connectivity index (χ4n) is 1.000. The van der Waals surface area contributed by atoms with Crippen LogP contribution in [0.3, 0.4) is 0 Å². The molecule has 1 unspecified atom stereocenters. The predicted molar refractivity (Wildman–Crippen MR) is 69.7 cm³/mol. The van der Waals surface area contributed by atoms with E-state index in [-0.39, 0.29) is 0 Å². The number of thioether (sulfide) groups is 1. The summed E-state index contributed by atoms with van der Waals surface area (Å²) in [6.45, 7) is 7.50. The summed E-state index contributed by atoms with van der Waals surface area (Å²) < 4.78 is 0. The van der Waals surface area contributed by atoms with Gasteiger partial charge in [0.15, 0.2) is 0 Å². The fraction of sp³-hybridized carbons (Fsp3) is 0.800. The quantitative estimate of drug-likeness (QED) is 0.800. The van der Waals surface area contributed by atoms with E-state index in [1.807, 2.05) is 11.8 Å². The number of hydrogen-bond donors (Lipinski definition) is 1. The molecule has 0 saturated heterocycles. The molecule has 0 amide bonds. The third-order valence-electron chi connectivity index (χ3n) is 2.12. The molecular weight excluding hydrogens is 226 g/mol. The lowest BCUT2D eigenvalue weighted by Crippen LogP contribution is -1.95. The summed E-state index contributed by atoms with van der Waals surface area (Å²) in [5, 5.41) is 13.5. The first kappa shape index (κ1) is 12.8. The number of hydrogen-bond acceptors (Lipinski definition) is 5. The molecule has 1 atom stereocenters. The highest BCUT2D eigenvalue weighted by Crippen LogP contribution is 2.21.